The van der Waals surface area contributed by atoms with E-state index in [2.05, 4.69) is 18.9 Å². The van der Waals surface area contributed by atoms with Gasteiger partial charge < -0.3 is 5.73 Å². The van der Waals surface area contributed by atoms with Crippen molar-refractivity contribution in [2.75, 3.05) is 20.1 Å². The SMILES string of the molecule is CCCCN(C)C1(CN)CCCCCCCCCCC1. The molecule has 0 atom stereocenters. The van der Waals surface area contributed by atoms with Crippen LogP contribution in [0.4, 0.5) is 0 Å². The third kappa shape index (κ3) is 6.13. The molecule has 0 saturated heterocycles. The Bertz CT molecular complexity index is 215. The zero-order valence-electron chi connectivity index (χ0n) is 14.1. The fourth-order valence-electron chi connectivity index (χ4n) is 3.64. The molecule has 1 fully saturated rings. The highest BCUT2D eigenvalue weighted by atomic mass is 15.2. The summed E-state index contributed by atoms with van der Waals surface area (Å²) in [6.45, 7) is 4.34. The van der Waals surface area contributed by atoms with Crippen molar-refractivity contribution >= 4 is 0 Å². The molecule has 0 spiro atoms. The molecule has 1 rings (SSSR count). The topological polar surface area (TPSA) is 29.3 Å². The molecule has 0 aliphatic heterocycles. The Hall–Kier alpha value is -0.0800. The van der Waals surface area contributed by atoms with Crippen LogP contribution in [0.25, 0.3) is 0 Å². The lowest BCUT2D eigenvalue weighted by Crippen LogP contribution is -2.52. The second-order valence-electron chi connectivity index (χ2n) is 6.89. The molecule has 2 nitrogen and oxygen atoms in total. The highest BCUT2D eigenvalue weighted by Gasteiger charge is 2.31. The van der Waals surface area contributed by atoms with Crippen LogP contribution in [0.5, 0.6) is 0 Å². The van der Waals surface area contributed by atoms with Gasteiger partial charge in [-0.15, -0.1) is 0 Å². The van der Waals surface area contributed by atoms with E-state index in [0.29, 0.717) is 0 Å². The molecule has 1 saturated carbocycles. The summed E-state index contributed by atoms with van der Waals surface area (Å²) in [5.41, 5.74) is 6.54. The summed E-state index contributed by atoms with van der Waals surface area (Å²) in [5, 5.41) is 0. The Balaban J connectivity index is 2.59. The minimum atomic E-state index is 0.286. The number of nitrogens with two attached hydrogens (primary N) is 1. The minimum Gasteiger partial charge on any atom is -0.329 e. The summed E-state index contributed by atoms with van der Waals surface area (Å²) in [6, 6.07) is 0. The van der Waals surface area contributed by atoms with Gasteiger partial charge in [0.2, 0.25) is 0 Å². The quantitative estimate of drug-likeness (QED) is 0.790. The maximum absolute atomic E-state index is 6.25. The third-order valence-electron chi connectivity index (χ3n) is 5.32. The number of unbranched alkanes of at least 4 members (excludes halogenated alkanes) is 1. The predicted molar refractivity (Wildman–Crippen MR) is 90.1 cm³/mol. The van der Waals surface area contributed by atoms with Gasteiger partial charge in [0.1, 0.15) is 0 Å². The first-order valence-corrected chi connectivity index (χ1v) is 9.16. The van der Waals surface area contributed by atoms with Gasteiger partial charge in [-0.1, -0.05) is 71.1 Å². The lowest BCUT2D eigenvalue weighted by molar-refractivity contribution is 0.0963. The van der Waals surface area contributed by atoms with Crippen molar-refractivity contribution in [2.24, 2.45) is 5.73 Å². The van der Waals surface area contributed by atoms with Crippen molar-refractivity contribution in [1.82, 2.24) is 4.90 Å². The van der Waals surface area contributed by atoms with E-state index < -0.39 is 0 Å². The summed E-state index contributed by atoms with van der Waals surface area (Å²) in [7, 11) is 2.31. The van der Waals surface area contributed by atoms with Crippen LogP contribution in [0, 0.1) is 0 Å². The highest BCUT2D eigenvalue weighted by molar-refractivity contribution is 4.90. The molecule has 20 heavy (non-hydrogen) atoms. The molecule has 0 aromatic heterocycles. The van der Waals surface area contributed by atoms with Crippen LogP contribution in [0.2, 0.25) is 0 Å². The zero-order valence-corrected chi connectivity index (χ0v) is 14.1. The van der Waals surface area contributed by atoms with Crippen LogP contribution in [0.1, 0.15) is 90.4 Å². The van der Waals surface area contributed by atoms with E-state index in [0.717, 1.165) is 6.54 Å². The van der Waals surface area contributed by atoms with E-state index in [1.54, 1.807) is 0 Å². The molecule has 1 aliphatic carbocycles. The normalized spacial score (nSPS) is 22.2. The van der Waals surface area contributed by atoms with Crippen LogP contribution >= 0.6 is 0 Å². The summed E-state index contributed by atoms with van der Waals surface area (Å²) in [5.74, 6) is 0. The van der Waals surface area contributed by atoms with E-state index in [1.165, 1.54) is 90.0 Å². The van der Waals surface area contributed by atoms with Gasteiger partial charge in [-0.05, 0) is 32.9 Å². The average Bonchev–Trinajstić information content (AvgIpc) is 2.46. The Labute approximate surface area is 127 Å². The molecule has 0 heterocycles. The maximum atomic E-state index is 6.25. The Kier molecular flexibility index (Phi) is 9.54. The third-order valence-corrected chi connectivity index (χ3v) is 5.32. The Morgan fingerprint density at radius 3 is 1.70 bits per heavy atom. The van der Waals surface area contributed by atoms with Crippen LogP contribution in [0.3, 0.4) is 0 Å². The number of hydrogen-bond acceptors (Lipinski definition) is 2. The predicted octanol–water partition coefficient (Wildman–Crippen LogP) is 4.72. The average molecular weight is 283 g/mol. The molecule has 0 bridgehead atoms. The van der Waals surface area contributed by atoms with Gasteiger partial charge in [-0.2, -0.15) is 0 Å². The van der Waals surface area contributed by atoms with E-state index in [1.807, 2.05) is 0 Å². The molecule has 120 valence electrons. The molecular formula is C18H38N2. The van der Waals surface area contributed by atoms with Crippen LogP contribution in [-0.4, -0.2) is 30.6 Å². The van der Waals surface area contributed by atoms with Gasteiger partial charge in [0.25, 0.3) is 0 Å². The number of rotatable bonds is 5. The van der Waals surface area contributed by atoms with Gasteiger partial charge in [0.05, 0.1) is 0 Å². The van der Waals surface area contributed by atoms with Crippen molar-refractivity contribution in [1.29, 1.82) is 0 Å². The lowest BCUT2D eigenvalue weighted by Gasteiger charge is -2.42. The largest absolute Gasteiger partial charge is 0.329 e. The monoisotopic (exact) mass is 282 g/mol. The van der Waals surface area contributed by atoms with Crippen molar-refractivity contribution in [3.8, 4) is 0 Å². The summed E-state index contributed by atoms with van der Waals surface area (Å²) < 4.78 is 0. The first-order chi connectivity index (χ1) is 9.75. The van der Waals surface area contributed by atoms with E-state index in [4.69, 9.17) is 5.73 Å². The second-order valence-corrected chi connectivity index (χ2v) is 6.89. The van der Waals surface area contributed by atoms with Gasteiger partial charge >= 0.3 is 0 Å². The van der Waals surface area contributed by atoms with Crippen molar-refractivity contribution in [2.45, 2.75) is 95.9 Å². The molecular weight excluding hydrogens is 244 g/mol. The van der Waals surface area contributed by atoms with Crippen molar-refractivity contribution in [3.63, 3.8) is 0 Å². The second kappa shape index (κ2) is 10.6. The van der Waals surface area contributed by atoms with Gasteiger partial charge in [-0.25, -0.2) is 0 Å². The van der Waals surface area contributed by atoms with Crippen LogP contribution < -0.4 is 5.73 Å². The number of hydrogen-bond donors (Lipinski definition) is 1. The van der Waals surface area contributed by atoms with Crippen molar-refractivity contribution in [3.05, 3.63) is 0 Å². The minimum absolute atomic E-state index is 0.286. The fraction of sp³-hybridized carbons (Fsp3) is 1.00. The zero-order chi connectivity index (χ0) is 14.7. The standard InChI is InChI=1S/C18H38N2/c1-3-4-16-20(2)18(17-19)14-12-10-8-6-5-7-9-11-13-15-18/h3-17,19H2,1-2H3. The Morgan fingerprint density at radius 2 is 1.30 bits per heavy atom. The van der Waals surface area contributed by atoms with Crippen LogP contribution in [0.15, 0.2) is 0 Å². The summed E-state index contributed by atoms with van der Waals surface area (Å²) in [6.07, 6.45) is 18.0. The number of likely N-dealkylation sites (N-methyl/N-ethyl adjacent to an activating group) is 1. The molecule has 2 N–H and O–H groups in total. The van der Waals surface area contributed by atoms with Gasteiger partial charge in [0.15, 0.2) is 0 Å². The maximum Gasteiger partial charge on any atom is 0.0328 e. The Morgan fingerprint density at radius 1 is 0.850 bits per heavy atom. The molecule has 0 aromatic carbocycles. The lowest BCUT2D eigenvalue weighted by atomic mass is 9.84. The first-order valence-electron chi connectivity index (χ1n) is 9.16. The summed E-state index contributed by atoms with van der Waals surface area (Å²) >= 11 is 0. The molecule has 0 unspecified atom stereocenters. The number of nitrogens with zero attached hydrogens (tertiary/aromatic N) is 1. The van der Waals surface area contributed by atoms with Gasteiger partial charge in [0, 0.05) is 12.1 Å². The summed E-state index contributed by atoms with van der Waals surface area (Å²) in [4.78, 5) is 2.60. The van der Waals surface area contributed by atoms with E-state index in [-0.39, 0.29) is 5.54 Å². The molecule has 0 radical (unpaired) electrons. The van der Waals surface area contributed by atoms with E-state index >= 15 is 0 Å². The van der Waals surface area contributed by atoms with Gasteiger partial charge in [-0.3, -0.25) is 4.90 Å². The van der Waals surface area contributed by atoms with Crippen LogP contribution in [-0.2, 0) is 0 Å². The first kappa shape index (κ1) is 18.0. The van der Waals surface area contributed by atoms with E-state index in [9.17, 15) is 0 Å². The molecule has 0 amide bonds. The molecule has 0 aromatic rings. The van der Waals surface area contributed by atoms with Crippen molar-refractivity contribution < 1.29 is 0 Å². The molecule has 2 heteroatoms. The highest BCUT2D eigenvalue weighted by Crippen LogP contribution is 2.29. The fourth-order valence-corrected chi connectivity index (χ4v) is 3.64. The molecule has 1 aliphatic rings. The smallest absolute Gasteiger partial charge is 0.0328 e.